The molecule has 29 heavy (non-hydrogen) atoms. The van der Waals surface area contributed by atoms with Crippen molar-refractivity contribution in [2.45, 2.75) is 26.2 Å². The number of fused-ring (bicyclic) bond motifs is 1. The molecule has 0 saturated heterocycles. The summed E-state index contributed by atoms with van der Waals surface area (Å²) in [5.74, 6) is 1.10. The SMILES string of the molecule is C=C(C)c1ccccc1N1c2ncncc2N(C)C1C1N(C)C=CN1/C=C(/C)O. The Kier molecular flexibility index (Phi) is 4.66. The summed E-state index contributed by atoms with van der Waals surface area (Å²) in [4.78, 5) is 17.5. The number of likely N-dealkylation sites (N-methyl/N-ethyl adjacent to an activating group) is 2. The number of benzene rings is 1. The lowest BCUT2D eigenvalue weighted by atomic mass is 10.1. The van der Waals surface area contributed by atoms with Gasteiger partial charge in [-0.25, -0.2) is 9.97 Å². The van der Waals surface area contributed by atoms with Gasteiger partial charge < -0.3 is 19.8 Å². The smallest absolute Gasteiger partial charge is 0.162 e. The molecular weight excluding hydrogens is 364 g/mol. The van der Waals surface area contributed by atoms with Gasteiger partial charge in [0, 0.05) is 38.3 Å². The summed E-state index contributed by atoms with van der Waals surface area (Å²) in [7, 11) is 4.09. The lowest BCUT2D eigenvalue weighted by Crippen LogP contribution is -2.56. The van der Waals surface area contributed by atoms with Crippen LogP contribution in [0.15, 0.2) is 67.7 Å². The van der Waals surface area contributed by atoms with Crippen LogP contribution in [0.25, 0.3) is 5.57 Å². The molecule has 3 heterocycles. The van der Waals surface area contributed by atoms with Gasteiger partial charge in [-0.1, -0.05) is 24.8 Å². The van der Waals surface area contributed by atoms with Crippen LogP contribution >= 0.6 is 0 Å². The first-order valence-electron chi connectivity index (χ1n) is 9.52. The number of aromatic nitrogens is 2. The summed E-state index contributed by atoms with van der Waals surface area (Å²) >= 11 is 0. The molecule has 0 fully saturated rings. The Bertz CT molecular complexity index is 996. The highest BCUT2D eigenvalue weighted by molar-refractivity contribution is 5.85. The molecule has 7 nitrogen and oxygen atoms in total. The third-order valence-corrected chi connectivity index (χ3v) is 5.36. The van der Waals surface area contributed by atoms with Gasteiger partial charge in [-0.3, -0.25) is 4.90 Å². The number of hydrogen-bond acceptors (Lipinski definition) is 7. The second-order valence-electron chi connectivity index (χ2n) is 7.52. The van der Waals surface area contributed by atoms with E-state index in [4.69, 9.17) is 0 Å². The van der Waals surface area contributed by atoms with Crippen LogP contribution in [0.4, 0.5) is 17.2 Å². The minimum atomic E-state index is -0.113. The average molecular weight is 390 g/mol. The van der Waals surface area contributed by atoms with Gasteiger partial charge in [0.05, 0.1) is 11.9 Å². The summed E-state index contributed by atoms with van der Waals surface area (Å²) in [6.07, 6.45) is 8.95. The predicted molar refractivity (Wildman–Crippen MR) is 116 cm³/mol. The molecule has 2 aromatic rings. The van der Waals surface area contributed by atoms with Crippen LogP contribution in [0.3, 0.4) is 0 Å². The topological polar surface area (TPSA) is 59.0 Å². The molecular formula is C22H26N6O. The number of hydrogen-bond donors (Lipinski definition) is 1. The standard InChI is InChI=1S/C22H26N6O/c1-15(2)17-8-6-7-9-18(17)28-20-19(12-23-14-24-20)26(5)22(28)21-25(4)10-11-27(21)13-16(3)29/h6-14,21-22,29H,1H2,2-5H3/b16-13-. The molecule has 2 aliphatic rings. The number of aliphatic hydroxyl groups is 1. The van der Waals surface area contributed by atoms with Gasteiger partial charge in [0.1, 0.15) is 30.1 Å². The number of aliphatic hydroxyl groups excluding tert-OH is 1. The van der Waals surface area contributed by atoms with Gasteiger partial charge in [0.2, 0.25) is 0 Å². The van der Waals surface area contributed by atoms with Gasteiger partial charge in [-0.2, -0.15) is 0 Å². The molecule has 2 aliphatic heterocycles. The van der Waals surface area contributed by atoms with E-state index in [1.165, 1.54) is 0 Å². The van der Waals surface area contributed by atoms with Crippen molar-refractivity contribution in [2.24, 2.45) is 0 Å². The molecule has 1 aromatic heterocycles. The highest BCUT2D eigenvalue weighted by Crippen LogP contribution is 2.46. The molecule has 2 atom stereocenters. The Balaban J connectivity index is 1.89. The van der Waals surface area contributed by atoms with Crippen molar-refractivity contribution < 1.29 is 5.11 Å². The molecule has 7 heteroatoms. The molecule has 0 aliphatic carbocycles. The molecule has 1 N–H and O–H groups in total. The monoisotopic (exact) mass is 390 g/mol. The number of nitrogens with zero attached hydrogens (tertiary/aromatic N) is 6. The zero-order valence-electron chi connectivity index (χ0n) is 17.2. The Morgan fingerprint density at radius 3 is 2.59 bits per heavy atom. The summed E-state index contributed by atoms with van der Waals surface area (Å²) < 4.78 is 0. The molecule has 1 aromatic carbocycles. The minimum absolute atomic E-state index is 0.0884. The van der Waals surface area contributed by atoms with E-state index in [-0.39, 0.29) is 18.1 Å². The van der Waals surface area contributed by atoms with Crippen LogP contribution in [0, 0.1) is 0 Å². The Morgan fingerprint density at radius 2 is 1.86 bits per heavy atom. The van der Waals surface area contributed by atoms with E-state index in [1.807, 2.05) is 49.6 Å². The molecule has 150 valence electrons. The Hall–Kier alpha value is -3.48. The second-order valence-corrected chi connectivity index (χ2v) is 7.52. The first-order chi connectivity index (χ1) is 13.9. The Morgan fingerprint density at radius 1 is 1.10 bits per heavy atom. The van der Waals surface area contributed by atoms with Crippen LogP contribution in [0.5, 0.6) is 0 Å². The highest BCUT2D eigenvalue weighted by atomic mass is 16.3. The maximum absolute atomic E-state index is 9.90. The molecule has 4 rings (SSSR count). The summed E-state index contributed by atoms with van der Waals surface area (Å²) in [6, 6.07) is 8.24. The fraction of sp³-hybridized carbons (Fsp3) is 0.273. The van der Waals surface area contributed by atoms with Crippen molar-refractivity contribution in [3.8, 4) is 0 Å². The number of allylic oxidation sites excluding steroid dienone is 2. The highest BCUT2D eigenvalue weighted by Gasteiger charge is 2.45. The molecule has 0 saturated carbocycles. The third-order valence-electron chi connectivity index (χ3n) is 5.36. The van der Waals surface area contributed by atoms with Gasteiger partial charge in [-0.15, -0.1) is 0 Å². The largest absolute Gasteiger partial charge is 0.511 e. The van der Waals surface area contributed by atoms with Crippen molar-refractivity contribution in [2.75, 3.05) is 23.9 Å². The lowest BCUT2D eigenvalue weighted by molar-refractivity contribution is 0.184. The normalized spacial score (nSPS) is 21.2. The zero-order chi connectivity index (χ0) is 20.7. The number of anilines is 3. The van der Waals surface area contributed by atoms with E-state index < -0.39 is 0 Å². The summed E-state index contributed by atoms with van der Waals surface area (Å²) in [5, 5.41) is 9.90. The first-order valence-corrected chi connectivity index (χ1v) is 9.52. The van der Waals surface area contributed by atoms with Crippen LogP contribution in [-0.2, 0) is 0 Å². The van der Waals surface area contributed by atoms with Gasteiger partial charge >= 0.3 is 0 Å². The average Bonchev–Trinajstić information content (AvgIpc) is 3.18. The van der Waals surface area contributed by atoms with Gasteiger partial charge in [0.15, 0.2) is 5.82 Å². The zero-order valence-corrected chi connectivity index (χ0v) is 17.2. The summed E-state index contributed by atoms with van der Waals surface area (Å²) in [6.45, 7) is 7.87. The van der Waals surface area contributed by atoms with Gasteiger partial charge in [-0.05, 0) is 25.5 Å². The molecule has 0 spiro atoms. The summed E-state index contributed by atoms with van der Waals surface area (Å²) in [5.41, 5.74) is 4.06. The molecule has 0 bridgehead atoms. The fourth-order valence-electron chi connectivity index (χ4n) is 4.09. The van der Waals surface area contributed by atoms with E-state index in [0.717, 1.165) is 28.3 Å². The quantitative estimate of drug-likeness (QED) is 0.795. The van der Waals surface area contributed by atoms with E-state index in [9.17, 15) is 5.11 Å². The van der Waals surface area contributed by atoms with E-state index >= 15 is 0 Å². The first kappa shape index (κ1) is 18.9. The van der Waals surface area contributed by atoms with Crippen molar-refractivity contribution in [3.05, 3.63) is 73.3 Å². The van der Waals surface area contributed by atoms with Crippen LogP contribution in [-0.4, -0.2) is 51.3 Å². The maximum atomic E-state index is 9.90. The minimum Gasteiger partial charge on any atom is -0.511 e. The van der Waals surface area contributed by atoms with Crippen LogP contribution < -0.4 is 9.80 Å². The number of para-hydroxylation sites is 1. The van der Waals surface area contributed by atoms with Crippen molar-refractivity contribution >= 4 is 22.8 Å². The van der Waals surface area contributed by atoms with E-state index in [2.05, 4.69) is 50.4 Å². The van der Waals surface area contributed by atoms with Crippen molar-refractivity contribution in [1.82, 2.24) is 19.8 Å². The third kappa shape index (κ3) is 3.08. The van der Waals surface area contributed by atoms with Crippen LogP contribution in [0.1, 0.15) is 19.4 Å². The maximum Gasteiger partial charge on any atom is 0.162 e. The Labute approximate surface area is 171 Å². The lowest BCUT2D eigenvalue weighted by Gasteiger charge is -2.41. The second kappa shape index (κ2) is 7.16. The van der Waals surface area contributed by atoms with Crippen LogP contribution in [0.2, 0.25) is 0 Å². The molecule has 2 unspecified atom stereocenters. The number of rotatable bonds is 4. The van der Waals surface area contributed by atoms with Crippen molar-refractivity contribution in [3.63, 3.8) is 0 Å². The van der Waals surface area contributed by atoms with E-state index in [1.54, 1.807) is 19.5 Å². The fourth-order valence-corrected chi connectivity index (χ4v) is 4.09. The molecule has 0 radical (unpaired) electrons. The van der Waals surface area contributed by atoms with E-state index in [0.29, 0.717) is 0 Å². The molecule has 0 amide bonds. The van der Waals surface area contributed by atoms with Crippen molar-refractivity contribution in [1.29, 1.82) is 0 Å². The van der Waals surface area contributed by atoms with Gasteiger partial charge in [0.25, 0.3) is 0 Å². The predicted octanol–water partition coefficient (Wildman–Crippen LogP) is 3.89.